The maximum Gasteiger partial charge on any atom is 0.337 e. The number of para-hydroxylation sites is 1. The van der Waals surface area contributed by atoms with Gasteiger partial charge in [-0.1, -0.05) is 29.8 Å². The third kappa shape index (κ3) is 3.66. The highest BCUT2D eigenvalue weighted by Crippen LogP contribution is 2.29. The van der Waals surface area contributed by atoms with Gasteiger partial charge in [0.25, 0.3) is 5.91 Å². The van der Waals surface area contributed by atoms with E-state index in [2.05, 4.69) is 5.10 Å². The Morgan fingerprint density at radius 1 is 1.03 bits per heavy atom. The zero-order valence-corrected chi connectivity index (χ0v) is 18.0. The van der Waals surface area contributed by atoms with Crippen molar-refractivity contribution >= 4 is 41.0 Å². The quantitative estimate of drug-likeness (QED) is 0.571. The second kappa shape index (κ2) is 7.89. The van der Waals surface area contributed by atoms with E-state index in [1.807, 2.05) is 67.8 Å². The average molecular weight is 434 g/mol. The number of amides is 1. The lowest BCUT2D eigenvalue weighted by atomic mass is 10.1. The summed E-state index contributed by atoms with van der Waals surface area (Å²) < 4.78 is 1.98. The molecule has 0 bridgehead atoms. The number of carboxylic acids is 1. The molecule has 2 aromatic carbocycles. The number of hydrogen-bond acceptors (Lipinski definition) is 3. The maximum absolute atomic E-state index is 13.0. The number of rotatable bonds is 4. The van der Waals surface area contributed by atoms with Crippen molar-refractivity contribution in [1.82, 2.24) is 4.57 Å². The predicted octanol–water partition coefficient (Wildman–Crippen LogP) is 5.25. The van der Waals surface area contributed by atoms with E-state index in [4.69, 9.17) is 11.6 Å². The maximum atomic E-state index is 13.0. The van der Waals surface area contributed by atoms with Crippen LogP contribution >= 0.6 is 11.6 Å². The summed E-state index contributed by atoms with van der Waals surface area (Å²) >= 11 is 6.16. The van der Waals surface area contributed by atoms with E-state index >= 15 is 0 Å². The molecule has 1 N–H and O–H groups in total. The highest BCUT2D eigenvalue weighted by Gasteiger charge is 2.29. The van der Waals surface area contributed by atoms with Crippen molar-refractivity contribution in [2.24, 2.45) is 5.10 Å². The molecule has 0 saturated carbocycles. The topological polar surface area (TPSA) is 74.9 Å². The van der Waals surface area contributed by atoms with Crippen LogP contribution in [0.2, 0.25) is 5.02 Å². The largest absolute Gasteiger partial charge is 0.478 e. The Bertz CT molecular complexity index is 1270. The Hall–Kier alpha value is -3.64. The fourth-order valence-corrected chi connectivity index (χ4v) is 3.99. The van der Waals surface area contributed by atoms with Gasteiger partial charge in [-0.2, -0.15) is 10.1 Å². The standard InChI is InChI=1S/C24H20ClN3O3/c1-14-11-17(16(3)27(14)19-9-10-20(24(30)31)22(25)13-19)12-21-15(2)26-28(23(21)29)18-7-5-4-6-8-18/h4-13H,1-3H3,(H,30,31)/b21-12+. The first kappa shape index (κ1) is 20.6. The Morgan fingerprint density at radius 2 is 1.74 bits per heavy atom. The van der Waals surface area contributed by atoms with Gasteiger partial charge in [0.1, 0.15) is 0 Å². The monoisotopic (exact) mass is 433 g/mol. The summed E-state index contributed by atoms with van der Waals surface area (Å²) in [5.41, 5.74) is 5.42. The fraction of sp³-hybridized carbons (Fsp3) is 0.125. The first-order valence-electron chi connectivity index (χ1n) is 9.67. The normalized spacial score (nSPS) is 15.0. The number of aromatic carboxylic acids is 1. The number of nitrogens with zero attached hydrogens (tertiary/aromatic N) is 3. The second-order valence-corrected chi connectivity index (χ2v) is 7.73. The Kier molecular flexibility index (Phi) is 5.25. The third-order valence-corrected chi connectivity index (χ3v) is 5.59. The van der Waals surface area contributed by atoms with Crippen molar-refractivity contribution in [3.63, 3.8) is 0 Å². The van der Waals surface area contributed by atoms with E-state index < -0.39 is 5.97 Å². The summed E-state index contributed by atoms with van der Waals surface area (Å²) in [4.78, 5) is 24.2. The number of anilines is 1. The van der Waals surface area contributed by atoms with Crippen LogP contribution in [0.1, 0.15) is 34.2 Å². The fourth-order valence-electron chi connectivity index (χ4n) is 3.73. The van der Waals surface area contributed by atoms with Crippen LogP contribution in [0.5, 0.6) is 0 Å². The number of benzene rings is 2. The molecule has 0 atom stereocenters. The lowest BCUT2D eigenvalue weighted by molar-refractivity contribution is -0.114. The van der Waals surface area contributed by atoms with Gasteiger partial charge in [-0.05, 0) is 68.8 Å². The van der Waals surface area contributed by atoms with E-state index in [9.17, 15) is 14.7 Å². The van der Waals surface area contributed by atoms with Crippen molar-refractivity contribution in [3.05, 3.63) is 87.7 Å². The first-order valence-corrected chi connectivity index (χ1v) is 10.0. The number of aryl methyl sites for hydroxylation is 1. The SMILES string of the molecule is CC1=NN(c2ccccc2)C(=O)/C1=C/c1cc(C)n(-c2ccc(C(=O)O)c(Cl)c2)c1C. The molecule has 7 heteroatoms. The van der Waals surface area contributed by atoms with Gasteiger partial charge in [0, 0.05) is 17.1 Å². The molecule has 4 rings (SSSR count). The summed E-state index contributed by atoms with van der Waals surface area (Å²) in [7, 11) is 0. The van der Waals surface area contributed by atoms with Crippen LogP contribution in [0.4, 0.5) is 5.69 Å². The molecule has 0 spiro atoms. The molecule has 156 valence electrons. The molecule has 6 nitrogen and oxygen atoms in total. The van der Waals surface area contributed by atoms with Crippen LogP contribution in [0.25, 0.3) is 11.8 Å². The summed E-state index contributed by atoms with van der Waals surface area (Å²) in [6.07, 6.45) is 1.84. The van der Waals surface area contributed by atoms with Gasteiger partial charge in [-0.15, -0.1) is 0 Å². The van der Waals surface area contributed by atoms with Crippen LogP contribution in [0.15, 0.2) is 65.3 Å². The van der Waals surface area contributed by atoms with Crippen molar-refractivity contribution in [2.75, 3.05) is 5.01 Å². The zero-order valence-electron chi connectivity index (χ0n) is 17.3. The number of carbonyl (C=O) groups excluding carboxylic acids is 1. The van der Waals surface area contributed by atoms with Crippen molar-refractivity contribution in [3.8, 4) is 5.69 Å². The minimum absolute atomic E-state index is 0.0552. The molecular formula is C24H20ClN3O3. The molecule has 0 unspecified atom stereocenters. The van der Waals surface area contributed by atoms with Gasteiger partial charge in [0.15, 0.2) is 0 Å². The predicted molar refractivity (Wildman–Crippen MR) is 122 cm³/mol. The molecular weight excluding hydrogens is 414 g/mol. The van der Waals surface area contributed by atoms with Crippen LogP contribution in [0, 0.1) is 13.8 Å². The summed E-state index contributed by atoms with van der Waals surface area (Å²) in [5, 5.41) is 15.2. The van der Waals surface area contributed by atoms with E-state index in [0.717, 1.165) is 22.6 Å². The summed E-state index contributed by atoms with van der Waals surface area (Å²) in [5.74, 6) is -1.25. The molecule has 0 saturated heterocycles. The number of aromatic nitrogens is 1. The smallest absolute Gasteiger partial charge is 0.337 e. The highest BCUT2D eigenvalue weighted by atomic mass is 35.5. The molecule has 1 aromatic heterocycles. The minimum atomic E-state index is -1.07. The zero-order chi connectivity index (χ0) is 22.3. The first-order chi connectivity index (χ1) is 14.8. The Labute approximate surface area is 184 Å². The summed E-state index contributed by atoms with van der Waals surface area (Å²) in [6.45, 7) is 5.71. The van der Waals surface area contributed by atoms with E-state index in [0.29, 0.717) is 17.0 Å². The molecule has 3 aromatic rings. The van der Waals surface area contributed by atoms with Gasteiger partial charge in [-0.25, -0.2) is 4.79 Å². The minimum Gasteiger partial charge on any atom is -0.478 e. The molecule has 2 heterocycles. The molecule has 1 aliphatic heterocycles. The van der Waals surface area contributed by atoms with Crippen molar-refractivity contribution < 1.29 is 14.7 Å². The van der Waals surface area contributed by atoms with E-state index in [1.165, 1.54) is 11.1 Å². The van der Waals surface area contributed by atoms with Crippen LogP contribution in [-0.2, 0) is 4.79 Å². The second-order valence-electron chi connectivity index (χ2n) is 7.33. The van der Waals surface area contributed by atoms with Gasteiger partial charge in [-0.3, -0.25) is 4.79 Å². The lowest BCUT2D eigenvalue weighted by Gasteiger charge is -2.12. The molecule has 1 amide bonds. The van der Waals surface area contributed by atoms with Crippen LogP contribution in [0.3, 0.4) is 0 Å². The van der Waals surface area contributed by atoms with Gasteiger partial charge in [0.05, 0.1) is 27.6 Å². The summed E-state index contributed by atoms with van der Waals surface area (Å²) in [6, 6.07) is 16.1. The van der Waals surface area contributed by atoms with E-state index in [-0.39, 0.29) is 16.5 Å². The molecule has 31 heavy (non-hydrogen) atoms. The van der Waals surface area contributed by atoms with E-state index in [1.54, 1.807) is 12.1 Å². The van der Waals surface area contributed by atoms with Crippen molar-refractivity contribution in [1.29, 1.82) is 0 Å². The Morgan fingerprint density at radius 3 is 2.39 bits per heavy atom. The van der Waals surface area contributed by atoms with Crippen LogP contribution in [-0.4, -0.2) is 27.3 Å². The van der Waals surface area contributed by atoms with Gasteiger partial charge >= 0.3 is 5.97 Å². The number of halogens is 1. The average Bonchev–Trinajstić information content (AvgIpc) is 3.18. The lowest BCUT2D eigenvalue weighted by Crippen LogP contribution is -2.21. The number of carboxylic acid groups (broad SMARTS) is 1. The van der Waals surface area contributed by atoms with Crippen molar-refractivity contribution in [2.45, 2.75) is 20.8 Å². The number of carbonyl (C=O) groups is 2. The number of hydrazone groups is 1. The molecule has 0 radical (unpaired) electrons. The number of hydrogen-bond donors (Lipinski definition) is 1. The van der Waals surface area contributed by atoms with Gasteiger partial charge in [0.2, 0.25) is 0 Å². The van der Waals surface area contributed by atoms with Crippen LogP contribution < -0.4 is 5.01 Å². The third-order valence-electron chi connectivity index (χ3n) is 5.27. The Balaban J connectivity index is 1.72. The highest BCUT2D eigenvalue weighted by molar-refractivity contribution is 6.33. The molecule has 0 fully saturated rings. The molecule has 0 aliphatic carbocycles. The van der Waals surface area contributed by atoms with Gasteiger partial charge < -0.3 is 9.67 Å². The molecule has 1 aliphatic rings.